The van der Waals surface area contributed by atoms with Gasteiger partial charge >= 0.3 is 6.09 Å². The average molecular weight is 256 g/mol. The SMILES string of the molecule is CCCC1NCCC1CCNC(=O)OC(C)(C)C. The highest BCUT2D eigenvalue weighted by atomic mass is 16.6. The molecule has 18 heavy (non-hydrogen) atoms. The lowest BCUT2D eigenvalue weighted by molar-refractivity contribution is 0.0524. The average Bonchev–Trinajstić information content (AvgIpc) is 2.64. The Kier molecular flexibility index (Phi) is 5.93. The van der Waals surface area contributed by atoms with Crippen molar-refractivity contribution < 1.29 is 9.53 Å². The zero-order chi connectivity index (χ0) is 13.6. The number of amides is 1. The first-order valence-corrected chi connectivity index (χ1v) is 7.12. The van der Waals surface area contributed by atoms with E-state index in [1.165, 1.54) is 19.3 Å². The second-order valence-corrected chi connectivity index (χ2v) is 6.12. The van der Waals surface area contributed by atoms with Crippen molar-refractivity contribution >= 4 is 6.09 Å². The van der Waals surface area contributed by atoms with Crippen LogP contribution in [0.1, 0.15) is 53.4 Å². The molecule has 1 aliphatic heterocycles. The summed E-state index contributed by atoms with van der Waals surface area (Å²) in [5, 5.41) is 6.38. The van der Waals surface area contributed by atoms with Crippen molar-refractivity contribution in [3.8, 4) is 0 Å². The summed E-state index contributed by atoms with van der Waals surface area (Å²) >= 11 is 0. The molecule has 2 unspecified atom stereocenters. The van der Waals surface area contributed by atoms with Crippen LogP contribution in [0, 0.1) is 5.92 Å². The van der Waals surface area contributed by atoms with Gasteiger partial charge in [-0.2, -0.15) is 0 Å². The molecule has 106 valence electrons. The zero-order valence-corrected chi connectivity index (χ0v) is 12.2. The molecular formula is C14H28N2O2. The van der Waals surface area contributed by atoms with E-state index in [9.17, 15) is 4.79 Å². The van der Waals surface area contributed by atoms with Gasteiger partial charge in [-0.1, -0.05) is 13.3 Å². The molecule has 0 aliphatic carbocycles. The van der Waals surface area contributed by atoms with Crippen LogP contribution < -0.4 is 10.6 Å². The van der Waals surface area contributed by atoms with Crippen molar-refractivity contribution in [1.82, 2.24) is 10.6 Å². The molecule has 2 atom stereocenters. The maximum Gasteiger partial charge on any atom is 0.407 e. The van der Waals surface area contributed by atoms with Gasteiger partial charge in [-0.25, -0.2) is 4.79 Å². The maximum atomic E-state index is 11.5. The Bertz CT molecular complexity index is 261. The molecule has 1 heterocycles. The number of carbonyl (C=O) groups is 1. The molecule has 0 saturated carbocycles. The fourth-order valence-electron chi connectivity index (χ4n) is 2.49. The third-order valence-electron chi connectivity index (χ3n) is 3.27. The normalized spacial score (nSPS) is 24.0. The predicted octanol–water partition coefficient (Wildman–Crippen LogP) is 2.68. The van der Waals surface area contributed by atoms with Crippen LogP contribution in [0.15, 0.2) is 0 Å². The standard InChI is InChI=1S/C14H28N2O2/c1-5-6-12-11(7-9-15-12)8-10-16-13(17)18-14(2,3)4/h11-12,15H,5-10H2,1-4H3,(H,16,17). The minimum absolute atomic E-state index is 0.305. The van der Waals surface area contributed by atoms with Gasteiger partial charge in [-0.05, 0) is 52.5 Å². The molecular weight excluding hydrogens is 228 g/mol. The lowest BCUT2D eigenvalue weighted by atomic mass is 9.94. The van der Waals surface area contributed by atoms with E-state index in [1.54, 1.807) is 0 Å². The summed E-state index contributed by atoms with van der Waals surface area (Å²) in [6, 6.07) is 0.635. The van der Waals surface area contributed by atoms with E-state index in [0.29, 0.717) is 18.5 Å². The first-order chi connectivity index (χ1) is 8.42. The van der Waals surface area contributed by atoms with Crippen LogP contribution in [0.25, 0.3) is 0 Å². The number of carbonyl (C=O) groups excluding carboxylic acids is 1. The molecule has 2 N–H and O–H groups in total. The molecule has 1 fully saturated rings. The highest BCUT2D eigenvalue weighted by Gasteiger charge is 2.25. The summed E-state index contributed by atoms with van der Waals surface area (Å²) in [6.45, 7) is 9.68. The second kappa shape index (κ2) is 6.98. The lowest BCUT2D eigenvalue weighted by Crippen LogP contribution is -2.34. The molecule has 1 amide bonds. The molecule has 0 aromatic rings. The van der Waals surface area contributed by atoms with Gasteiger partial charge in [0.15, 0.2) is 0 Å². The molecule has 1 saturated heterocycles. The Labute approximate surface area is 111 Å². The van der Waals surface area contributed by atoms with Gasteiger partial charge in [0, 0.05) is 12.6 Å². The summed E-state index contributed by atoms with van der Waals surface area (Å²) in [4.78, 5) is 11.5. The number of ether oxygens (including phenoxy) is 1. The van der Waals surface area contributed by atoms with Gasteiger partial charge in [0.25, 0.3) is 0 Å². The van der Waals surface area contributed by atoms with Gasteiger partial charge in [0.05, 0.1) is 0 Å². The van der Waals surface area contributed by atoms with Crippen molar-refractivity contribution in [3.63, 3.8) is 0 Å². The molecule has 0 aromatic carbocycles. The fraction of sp³-hybridized carbons (Fsp3) is 0.929. The Hall–Kier alpha value is -0.770. The van der Waals surface area contributed by atoms with Crippen molar-refractivity contribution in [2.45, 2.75) is 65.0 Å². The van der Waals surface area contributed by atoms with Crippen LogP contribution in [-0.2, 0) is 4.74 Å². The van der Waals surface area contributed by atoms with Crippen LogP contribution in [0.3, 0.4) is 0 Å². The van der Waals surface area contributed by atoms with Gasteiger partial charge in [-0.15, -0.1) is 0 Å². The van der Waals surface area contributed by atoms with E-state index in [2.05, 4.69) is 17.6 Å². The summed E-state index contributed by atoms with van der Waals surface area (Å²) in [6.07, 6.45) is 4.41. The van der Waals surface area contributed by atoms with E-state index in [4.69, 9.17) is 4.74 Å². The molecule has 0 radical (unpaired) electrons. The van der Waals surface area contributed by atoms with Crippen LogP contribution in [0.4, 0.5) is 4.79 Å². The maximum absolute atomic E-state index is 11.5. The quantitative estimate of drug-likeness (QED) is 0.795. The monoisotopic (exact) mass is 256 g/mol. The fourth-order valence-corrected chi connectivity index (χ4v) is 2.49. The number of rotatable bonds is 5. The van der Waals surface area contributed by atoms with Gasteiger partial charge < -0.3 is 15.4 Å². The van der Waals surface area contributed by atoms with Gasteiger partial charge in [-0.3, -0.25) is 0 Å². The molecule has 0 spiro atoms. The van der Waals surface area contributed by atoms with E-state index < -0.39 is 5.60 Å². The van der Waals surface area contributed by atoms with Crippen molar-refractivity contribution in [2.75, 3.05) is 13.1 Å². The summed E-state index contributed by atoms with van der Waals surface area (Å²) in [5.74, 6) is 0.694. The van der Waals surface area contributed by atoms with Crippen molar-refractivity contribution in [1.29, 1.82) is 0 Å². The smallest absolute Gasteiger partial charge is 0.407 e. The number of hydrogen-bond donors (Lipinski definition) is 2. The van der Waals surface area contributed by atoms with Crippen LogP contribution in [0.5, 0.6) is 0 Å². The second-order valence-electron chi connectivity index (χ2n) is 6.12. The minimum atomic E-state index is -0.413. The molecule has 4 heteroatoms. The Balaban J connectivity index is 2.19. The zero-order valence-electron chi connectivity index (χ0n) is 12.2. The summed E-state index contributed by atoms with van der Waals surface area (Å²) in [7, 11) is 0. The Morgan fingerprint density at radius 3 is 2.72 bits per heavy atom. The van der Waals surface area contributed by atoms with E-state index >= 15 is 0 Å². The van der Waals surface area contributed by atoms with Gasteiger partial charge in [0.1, 0.15) is 5.60 Å². The highest BCUT2D eigenvalue weighted by Crippen LogP contribution is 2.22. The summed E-state index contributed by atoms with van der Waals surface area (Å²) < 4.78 is 5.21. The topological polar surface area (TPSA) is 50.4 Å². The van der Waals surface area contributed by atoms with Crippen LogP contribution in [-0.4, -0.2) is 30.8 Å². The third kappa shape index (κ3) is 5.71. The number of hydrogen-bond acceptors (Lipinski definition) is 3. The number of nitrogens with one attached hydrogen (secondary N) is 2. The van der Waals surface area contributed by atoms with E-state index in [1.807, 2.05) is 20.8 Å². The highest BCUT2D eigenvalue weighted by molar-refractivity contribution is 5.67. The van der Waals surface area contributed by atoms with Crippen LogP contribution >= 0.6 is 0 Å². The Morgan fingerprint density at radius 1 is 1.39 bits per heavy atom. The molecule has 0 aromatic heterocycles. The van der Waals surface area contributed by atoms with Crippen molar-refractivity contribution in [2.24, 2.45) is 5.92 Å². The summed E-state index contributed by atoms with van der Waals surface area (Å²) in [5.41, 5.74) is -0.413. The largest absolute Gasteiger partial charge is 0.444 e. The number of alkyl carbamates (subject to hydrolysis) is 1. The first-order valence-electron chi connectivity index (χ1n) is 7.12. The molecule has 1 rings (SSSR count). The minimum Gasteiger partial charge on any atom is -0.444 e. The first kappa shape index (κ1) is 15.3. The van der Waals surface area contributed by atoms with Crippen LogP contribution in [0.2, 0.25) is 0 Å². The molecule has 4 nitrogen and oxygen atoms in total. The van der Waals surface area contributed by atoms with Crippen molar-refractivity contribution in [3.05, 3.63) is 0 Å². The van der Waals surface area contributed by atoms with Gasteiger partial charge in [0.2, 0.25) is 0 Å². The van der Waals surface area contributed by atoms with E-state index in [-0.39, 0.29) is 6.09 Å². The van der Waals surface area contributed by atoms with E-state index in [0.717, 1.165) is 13.0 Å². The third-order valence-corrected chi connectivity index (χ3v) is 3.27. The molecule has 0 bridgehead atoms. The molecule has 1 aliphatic rings. The lowest BCUT2D eigenvalue weighted by Gasteiger charge is -2.21. The Morgan fingerprint density at radius 2 is 2.11 bits per heavy atom. The predicted molar refractivity (Wildman–Crippen MR) is 73.7 cm³/mol.